The first-order valence-electron chi connectivity index (χ1n) is 19.8. The largest absolute Gasteiger partial charge is 0.309 e. The first kappa shape index (κ1) is 26.4. The number of aromatic nitrogens is 4. The molecule has 0 aliphatic heterocycles. The zero-order valence-electron chi connectivity index (χ0n) is 28.4. The van der Waals surface area contributed by atoms with E-state index in [1.807, 2.05) is 0 Å². The fraction of sp³-hybridized carbons (Fsp3) is 0.391. The van der Waals surface area contributed by atoms with Gasteiger partial charge in [0.2, 0.25) is 0 Å². The molecule has 4 fully saturated rings. The second kappa shape index (κ2) is 8.88. The van der Waals surface area contributed by atoms with Gasteiger partial charge in [0, 0.05) is 61.2 Å². The molecule has 5 aromatic heterocycles. The summed E-state index contributed by atoms with van der Waals surface area (Å²) < 4.78 is 5.26. The second-order valence-electron chi connectivity index (χ2n) is 17.8. The van der Waals surface area contributed by atoms with E-state index in [1.165, 1.54) is 141 Å². The normalized spacial score (nSPS) is 30.8. The van der Waals surface area contributed by atoms with Gasteiger partial charge in [0.05, 0.1) is 40.0 Å². The third-order valence-electron chi connectivity index (χ3n) is 15.3. The molecule has 5 heterocycles. The smallest absolute Gasteiger partial charge is 0.0729 e. The molecule has 8 aliphatic carbocycles. The maximum atomic E-state index is 5.53. The maximum Gasteiger partial charge on any atom is 0.0729 e. The van der Waals surface area contributed by atoms with Crippen LogP contribution in [0.3, 0.4) is 0 Å². The van der Waals surface area contributed by atoms with Gasteiger partial charge in [-0.2, -0.15) is 0 Å². The molecule has 0 amide bonds. The molecular formula is C46H40N4. The minimum atomic E-state index is 0.611. The number of pyridine rings is 2. The molecule has 8 aliphatic rings. The SMILES string of the molecule is c1ccc(-n2c3ccccc3c3cc4c5c6c(ncc5n5c7cnc8c(c7c(c32)c45)C2CC3CC(CC8C3)C2)C2CC3CC(C2)CC6C3)cc1. The Morgan fingerprint density at radius 3 is 1.68 bits per heavy atom. The Hall–Kier alpha value is -4.44. The summed E-state index contributed by atoms with van der Waals surface area (Å²) in [5.41, 5.74) is 14.1. The molecule has 0 spiro atoms. The number of hydrogen-bond donors (Lipinski definition) is 0. The predicted octanol–water partition coefficient (Wildman–Crippen LogP) is 11.5. The molecule has 3 aromatic carbocycles. The van der Waals surface area contributed by atoms with Gasteiger partial charge in [0.25, 0.3) is 0 Å². The van der Waals surface area contributed by atoms with E-state index in [-0.39, 0.29) is 0 Å². The Morgan fingerprint density at radius 2 is 1.02 bits per heavy atom. The number of rotatable bonds is 1. The molecule has 50 heavy (non-hydrogen) atoms. The van der Waals surface area contributed by atoms with E-state index in [4.69, 9.17) is 9.97 Å². The summed E-state index contributed by atoms with van der Waals surface area (Å²) in [7, 11) is 0. The lowest BCUT2D eigenvalue weighted by Crippen LogP contribution is -2.25. The quantitative estimate of drug-likeness (QED) is 0.178. The molecule has 8 aromatic rings. The number of fused-ring (bicyclic) bond motifs is 10. The third kappa shape index (κ3) is 3.06. The van der Waals surface area contributed by atoms with Gasteiger partial charge in [-0.15, -0.1) is 0 Å². The van der Waals surface area contributed by atoms with Crippen molar-refractivity contribution >= 4 is 59.9 Å². The van der Waals surface area contributed by atoms with Crippen LogP contribution in [-0.2, 0) is 0 Å². The van der Waals surface area contributed by atoms with Crippen molar-refractivity contribution in [1.82, 2.24) is 18.9 Å². The van der Waals surface area contributed by atoms with Crippen molar-refractivity contribution in [2.45, 2.75) is 87.9 Å². The zero-order chi connectivity index (χ0) is 32.0. The first-order valence-corrected chi connectivity index (χ1v) is 19.8. The van der Waals surface area contributed by atoms with Gasteiger partial charge in [0.15, 0.2) is 0 Å². The highest BCUT2D eigenvalue weighted by Gasteiger charge is 2.46. The molecule has 0 radical (unpaired) electrons. The van der Waals surface area contributed by atoms with Crippen molar-refractivity contribution in [3.63, 3.8) is 0 Å². The summed E-state index contributed by atoms with van der Waals surface area (Å²) in [6.07, 6.45) is 18.3. The van der Waals surface area contributed by atoms with Crippen LogP contribution in [-0.4, -0.2) is 18.9 Å². The lowest BCUT2D eigenvalue weighted by molar-refractivity contribution is 0.165. The molecule has 16 rings (SSSR count). The summed E-state index contributed by atoms with van der Waals surface area (Å²) in [5.74, 6) is 5.96. The van der Waals surface area contributed by atoms with Crippen molar-refractivity contribution in [2.24, 2.45) is 23.7 Å². The van der Waals surface area contributed by atoms with Crippen LogP contribution >= 0.6 is 0 Å². The highest BCUT2D eigenvalue weighted by atomic mass is 15.0. The highest BCUT2D eigenvalue weighted by molar-refractivity contribution is 6.35. The van der Waals surface area contributed by atoms with E-state index in [2.05, 4.69) is 82.0 Å². The molecular weight excluding hydrogens is 609 g/mol. The highest BCUT2D eigenvalue weighted by Crippen LogP contribution is 2.61. The van der Waals surface area contributed by atoms with Crippen LogP contribution in [0.5, 0.6) is 0 Å². The van der Waals surface area contributed by atoms with Gasteiger partial charge in [-0.05, 0) is 135 Å². The Kier molecular flexibility index (Phi) is 4.69. The van der Waals surface area contributed by atoms with Gasteiger partial charge >= 0.3 is 0 Å². The van der Waals surface area contributed by atoms with Crippen LogP contribution in [0.4, 0.5) is 0 Å². The average Bonchev–Trinajstić information content (AvgIpc) is 3.68. The molecule has 4 unspecified atom stereocenters. The van der Waals surface area contributed by atoms with Crippen LogP contribution in [0.2, 0.25) is 0 Å². The number of nitrogens with zero attached hydrogens (tertiary/aromatic N) is 4. The summed E-state index contributed by atoms with van der Waals surface area (Å²) >= 11 is 0. The molecule has 0 saturated heterocycles. The number of para-hydroxylation sites is 2. The summed E-state index contributed by atoms with van der Waals surface area (Å²) in [5, 5.41) is 8.71. The Morgan fingerprint density at radius 1 is 0.460 bits per heavy atom. The minimum Gasteiger partial charge on any atom is -0.309 e. The van der Waals surface area contributed by atoms with Crippen LogP contribution in [0.15, 0.2) is 73.1 Å². The monoisotopic (exact) mass is 648 g/mol. The van der Waals surface area contributed by atoms with Gasteiger partial charge in [0.1, 0.15) is 0 Å². The molecule has 4 atom stereocenters. The summed E-state index contributed by atoms with van der Waals surface area (Å²) in [6, 6.07) is 23.0. The fourth-order valence-electron chi connectivity index (χ4n) is 14.0. The molecule has 4 heteroatoms. The van der Waals surface area contributed by atoms with Crippen LogP contribution in [0.25, 0.3) is 65.6 Å². The minimum absolute atomic E-state index is 0.611. The molecule has 8 bridgehead atoms. The van der Waals surface area contributed by atoms with Crippen LogP contribution in [0, 0.1) is 23.7 Å². The fourth-order valence-corrected chi connectivity index (χ4v) is 14.0. The van der Waals surface area contributed by atoms with E-state index in [9.17, 15) is 0 Å². The van der Waals surface area contributed by atoms with Crippen molar-refractivity contribution in [3.05, 3.63) is 95.6 Å². The third-order valence-corrected chi connectivity index (χ3v) is 15.3. The van der Waals surface area contributed by atoms with Gasteiger partial charge in [-0.1, -0.05) is 36.4 Å². The van der Waals surface area contributed by atoms with E-state index in [0.717, 1.165) is 23.7 Å². The second-order valence-corrected chi connectivity index (χ2v) is 17.8. The Balaban J connectivity index is 1.24. The topological polar surface area (TPSA) is 35.1 Å². The zero-order valence-corrected chi connectivity index (χ0v) is 28.4. The number of benzene rings is 3. The van der Waals surface area contributed by atoms with Gasteiger partial charge in [-0.3, -0.25) is 9.97 Å². The standard InChI is InChI=1S/C46H40N4/c1-2-6-31(7-3-1)49-35-9-5-4-8-32(35)33-20-34-40-36(21-47-43-29-16-23-10-24(17-29)13-27(12-23)38(40)43)50-37-22-48-44-30-18-25-11-26(19-30)15-28(14-25)39(44)41(37)42(45(33)49)46(34)50/h1-9,20-30H,10-19H2. The van der Waals surface area contributed by atoms with Crippen molar-refractivity contribution in [2.75, 3.05) is 0 Å². The molecule has 244 valence electrons. The van der Waals surface area contributed by atoms with E-state index >= 15 is 0 Å². The maximum absolute atomic E-state index is 5.53. The van der Waals surface area contributed by atoms with Gasteiger partial charge in [-0.25, -0.2) is 0 Å². The summed E-state index contributed by atoms with van der Waals surface area (Å²) in [4.78, 5) is 11.0. The van der Waals surface area contributed by atoms with Crippen molar-refractivity contribution in [3.8, 4) is 5.69 Å². The van der Waals surface area contributed by atoms with Crippen LogP contribution < -0.4 is 0 Å². The molecule has 4 nitrogen and oxygen atoms in total. The average molecular weight is 649 g/mol. The first-order chi connectivity index (χ1) is 24.7. The van der Waals surface area contributed by atoms with Gasteiger partial charge < -0.3 is 8.97 Å². The van der Waals surface area contributed by atoms with E-state index < -0.39 is 0 Å². The van der Waals surface area contributed by atoms with E-state index in [1.54, 1.807) is 11.1 Å². The molecule has 4 saturated carbocycles. The van der Waals surface area contributed by atoms with Crippen molar-refractivity contribution in [1.29, 1.82) is 0 Å². The summed E-state index contributed by atoms with van der Waals surface area (Å²) in [6.45, 7) is 0. The van der Waals surface area contributed by atoms with E-state index in [0.29, 0.717) is 23.7 Å². The molecule has 0 N–H and O–H groups in total. The Bertz CT molecular complexity index is 2760. The Labute approximate surface area is 290 Å². The predicted molar refractivity (Wildman–Crippen MR) is 202 cm³/mol. The number of hydrogen-bond acceptors (Lipinski definition) is 2. The van der Waals surface area contributed by atoms with Crippen LogP contribution in [0.1, 0.15) is 110 Å². The lowest BCUT2D eigenvalue weighted by atomic mass is 9.67. The van der Waals surface area contributed by atoms with Crippen molar-refractivity contribution < 1.29 is 0 Å². The lowest BCUT2D eigenvalue weighted by Gasteiger charge is -2.38.